The first kappa shape index (κ1) is 18.5. The standard InChI is InChI=1S/C32H23N/c1-3-11-22(12-4-1)28-19-23-20-32-30(21-29(23)26-16-8-7-15-25(26)28)27-17-9-10-18-31(27)33(32)24-13-5-2-6-14-24/h1-18,20-21,28H,19H2. The third kappa shape index (κ3) is 2.79. The van der Waals surface area contributed by atoms with E-state index in [1.54, 1.807) is 0 Å². The van der Waals surface area contributed by atoms with Crippen LogP contribution in [-0.4, -0.2) is 4.57 Å². The van der Waals surface area contributed by atoms with Crippen molar-refractivity contribution in [3.8, 4) is 16.8 Å². The molecule has 0 aliphatic heterocycles. The molecule has 1 heterocycles. The number of hydrogen-bond acceptors (Lipinski definition) is 0. The van der Waals surface area contributed by atoms with Crippen LogP contribution in [0.3, 0.4) is 0 Å². The van der Waals surface area contributed by atoms with Crippen LogP contribution in [-0.2, 0) is 6.42 Å². The molecule has 1 atom stereocenters. The number of fused-ring (bicyclic) bond motifs is 6. The van der Waals surface area contributed by atoms with Gasteiger partial charge in [0.25, 0.3) is 0 Å². The van der Waals surface area contributed by atoms with Crippen molar-refractivity contribution in [2.24, 2.45) is 0 Å². The van der Waals surface area contributed by atoms with E-state index in [-0.39, 0.29) is 0 Å². The van der Waals surface area contributed by atoms with E-state index < -0.39 is 0 Å². The second kappa shape index (κ2) is 7.21. The monoisotopic (exact) mass is 421 g/mol. The van der Waals surface area contributed by atoms with Crippen molar-refractivity contribution in [2.75, 3.05) is 0 Å². The van der Waals surface area contributed by atoms with Crippen LogP contribution in [0, 0.1) is 0 Å². The molecular formula is C32H23N. The van der Waals surface area contributed by atoms with E-state index in [4.69, 9.17) is 0 Å². The Bertz CT molecular complexity index is 1620. The Morgan fingerprint density at radius 1 is 0.545 bits per heavy atom. The Hall–Kier alpha value is -4.10. The molecule has 7 rings (SSSR count). The highest BCUT2D eigenvalue weighted by Gasteiger charge is 2.27. The topological polar surface area (TPSA) is 4.93 Å². The highest BCUT2D eigenvalue weighted by Crippen LogP contribution is 2.45. The molecule has 1 unspecified atom stereocenters. The summed E-state index contributed by atoms with van der Waals surface area (Å²) in [6.07, 6.45) is 1.02. The van der Waals surface area contributed by atoms with E-state index in [9.17, 15) is 0 Å². The van der Waals surface area contributed by atoms with Crippen LogP contribution in [0.2, 0.25) is 0 Å². The highest BCUT2D eigenvalue weighted by molar-refractivity contribution is 6.11. The van der Waals surface area contributed by atoms with Gasteiger partial charge in [-0.05, 0) is 64.6 Å². The summed E-state index contributed by atoms with van der Waals surface area (Å²) in [6.45, 7) is 0. The summed E-state index contributed by atoms with van der Waals surface area (Å²) in [5.41, 5.74) is 10.7. The smallest absolute Gasteiger partial charge is 0.0544 e. The van der Waals surface area contributed by atoms with Gasteiger partial charge in [0.1, 0.15) is 0 Å². The van der Waals surface area contributed by atoms with E-state index in [0.717, 1.165) is 6.42 Å². The summed E-state index contributed by atoms with van der Waals surface area (Å²) in [4.78, 5) is 0. The highest BCUT2D eigenvalue weighted by atomic mass is 15.0. The Morgan fingerprint density at radius 2 is 1.24 bits per heavy atom. The Balaban J connectivity index is 1.54. The number of hydrogen-bond donors (Lipinski definition) is 0. The molecular weight excluding hydrogens is 398 g/mol. The number of aromatic nitrogens is 1. The number of benzene rings is 5. The van der Waals surface area contributed by atoms with Crippen molar-refractivity contribution in [1.29, 1.82) is 0 Å². The van der Waals surface area contributed by atoms with Crippen molar-refractivity contribution in [1.82, 2.24) is 4.57 Å². The fraction of sp³-hybridized carbons (Fsp3) is 0.0625. The third-order valence-corrected chi connectivity index (χ3v) is 7.16. The summed E-state index contributed by atoms with van der Waals surface area (Å²) in [7, 11) is 0. The van der Waals surface area contributed by atoms with Crippen LogP contribution in [0.1, 0.15) is 22.6 Å². The van der Waals surface area contributed by atoms with Crippen LogP contribution >= 0.6 is 0 Å². The molecule has 0 N–H and O–H groups in total. The van der Waals surface area contributed by atoms with Crippen LogP contribution in [0.15, 0.2) is 121 Å². The predicted molar refractivity (Wildman–Crippen MR) is 138 cm³/mol. The van der Waals surface area contributed by atoms with Gasteiger partial charge in [0, 0.05) is 22.4 Å². The Kier molecular flexibility index (Phi) is 4.04. The predicted octanol–water partition coefficient (Wildman–Crippen LogP) is 8.14. The summed E-state index contributed by atoms with van der Waals surface area (Å²) in [6, 6.07) is 44.3. The fourth-order valence-electron chi connectivity index (χ4n) is 5.69. The lowest BCUT2D eigenvalue weighted by molar-refractivity contribution is 0.794. The van der Waals surface area contributed by atoms with E-state index >= 15 is 0 Å². The molecule has 33 heavy (non-hydrogen) atoms. The minimum atomic E-state index is 0.377. The average molecular weight is 422 g/mol. The lowest BCUT2D eigenvalue weighted by Crippen LogP contribution is -2.12. The number of nitrogens with zero attached hydrogens (tertiary/aromatic N) is 1. The summed E-state index contributed by atoms with van der Waals surface area (Å²) in [5, 5.41) is 2.63. The second-order valence-corrected chi connectivity index (χ2v) is 8.97. The minimum Gasteiger partial charge on any atom is -0.309 e. The summed E-state index contributed by atoms with van der Waals surface area (Å²) in [5.74, 6) is 0.377. The van der Waals surface area contributed by atoms with Gasteiger partial charge in [-0.25, -0.2) is 0 Å². The van der Waals surface area contributed by atoms with Gasteiger partial charge in [-0.15, -0.1) is 0 Å². The average Bonchev–Trinajstić information content (AvgIpc) is 3.21. The Morgan fingerprint density at radius 3 is 2.09 bits per heavy atom. The molecule has 1 aromatic heterocycles. The molecule has 1 aliphatic rings. The zero-order valence-electron chi connectivity index (χ0n) is 18.3. The SMILES string of the molecule is c1ccc(C2Cc3cc4c(cc3-c3ccccc32)c2ccccc2n4-c2ccccc2)cc1. The van der Waals surface area contributed by atoms with Crippen LogP contribution < -0.4 is 0 Å². The quantitative estimate of drug-likeness (QED) is 0.266. The number of rotatable bonds is 2. The van der Waals surface area contributed by atoms with Crippen molar-refractivity contribution in [2.45, 2.75) is 12.3 Å². The van der Waals surface area contributed by atoms with Gasteiger partial charge < -0.3 is 4.57 Å². The zero-order valence-corrected chi connectivity index (χ0v) is 18.3. The third-order valence-electron chi connectivity index (χ3n) is 7.16. The fourth-order valence-corrected chi connectivity index (χ4v) is 5.69. The van der Waals surface area contributed by atoms with Crippen LogP contribution in [0.25, 0.3) is 38.6 Å². The zero-order chi connectivity index (χ0) is 21.8. The maximum atomic E-state index is 2.45. The molecule has 0 radical (unpaired) electrons. The summed E-state index contributed by atoms with van der Waals surface area (Å²) >= 11 is 0. The van der Waals surface area contributed by atoms with E-state index in [1.807, 2.05) is 0 Å². The van der Waals surface area contributed by atoms with E-state index in [1.165, 1.54) is 55.3 Å². The lowest BCUT2D eigenvalue weighted by Gasteiger charge is -2.28. The van der Waals surface area contributed by atoms with Crippen LogP contribution in [0.4, 0.5) is 0 Å². The minimum absolute atomic E-state index is 0.377. The molecule has 0 spiro atoms. The molecule has 156 valence electrons. The normalized spacial score (nSPS) is 14.8. The first-order valence-corrected chi connectivity index (χ1v) is 11.6. The molecule has 0 bridgehead atoms. The molecule has 1 heteroatoms. The molecule has 1 aliphatic carbocycles. The summed E-state index contributed by atoms with van der Waals surface area (Å²) < 4.78 is 2.42. The first-order chi connectivity index (χ1) is 16.4. The molecule has 0 fully saturated rings. The molecule has 5 aromatic carbocycles. The van der Waals surface area contributed by atoms with Gasteiger partial charge in [-0.3, -0.25) is 0 Å². The maximum Gasteiger partial charge on any atom is 0.0544 e. The van der Waals surface area contributed by atoms with E-state index in [0.29, 0.717) is 5.92 Å². The maximum absolute atomic E-state index is 2.45. The van der Waals surface area contributed by atoms with Gasteiger partial charge in [0.2, 0.25) is 0 Å². The van der Waals surface area contributed by atoms with Gasteiger partial charge in [-0.2, -0.15) is 0 Å². The molecule has 1 nitrogen and oxygen atoms in total. The van der Waals surface area contributed by atoms with Gasteiger partial charge in [-0.1, -0.05) is 91.0 Å². The van der Waals surface area contributed by atoms with Crippen molar-refractivity contribution in [3.63, 3.8) is 0 Å². The largest absolute Gasteiger partial charge is 0.309 e. The molecule has 0 saturated carbocycles. The Labute approximate surface area is 193 Å². The molecule has 0 saturated heterocycles. The van der Waals surface area contributed by atoms with Crippen molar-refractivity contribution < 1.29 is 0 Å². The van der Waals surface area contributed by atoms with Gasteiger partial charge in [0.15, 0.2) is 0 Å². The van der Waals surface area contributed by atoms with Crippen molar-refractivity contribution >= 4 is 21.8 Å². The first-order valence-electron chi connectivity index (χ1n) is 11.6. The van der Waals surface area contributed by atoms with Crippen LogP contribution in [0.5, 0.6) is 0 Å². The molecule has 0 amide bonds. The van der Waals surface area contributed by atoms with Gasteiger partial charge in [0.05, 0.1) is 11.0 Å². The van der Waals surface area contributed by atoms with Gasteiger partial charge >= 0.3 is 0 Å². The van der Waals surface area contributed by atoms with Crippen molar-refractivity contribution in [3.05, 3.63) is 138 Å². The second-order valence-electron chi connectivity index (χ2n) is 8.97. The molecule has 6 aromatic rings. The number of para-hydroxylation sites is 2. The lowest BCUT2D eigenvalue weighted by atomic mass is 9.75. The van der Waals surface area contributed by atoms with E-state index in [2.05, 4.69) is 126 Å².